The quantitative estimate of drug-likeness (QED) is 0.937. The van der Waals surface area contributed by atoms with Gasteiger partial charge in [0, 0.05) is 5.02 Å². The first-order valence-corrected chi connectivity index (χ1v) is 7.72. The first-order valence-electron chi connectivity index (χ1n) is 5.86. The molecule has 0 aliphatic rings. The van der Waals surface area contributed by atoms with E-state index in [4.69, 9.17) is 16.9 Å². The molecule has 0 radical (unpaired) electrons. The van der Waals surface area contributed by atoms with E-state index in [1.807, 2.05) is 6.07 Å². The Morgan fingerprint density at radius 1 is 1.19 bits per heavy atom. The number of nitrogens with one attached hydrogen (secondary N) is 1. The van der Waals surface area contributed by atoms with Gasteiger partial charge in [0.25, 0.3) is 10.0 Å². The summed E-state index contributed by atoms with van der Waals surface area (Å²) in [4.78, 5) is -0.0152. The van der Waals surface area contributed by atoms with E-state index in [9.17, 15) is 12.8 Å². The molecule has 1 N–H and O–H groups in total. The fraction of sp³-hybridized carbons (Fsp3) is 0.0714. The summed E-state index contributed by atoms with van der Waals surface area (Å²) in [7, 11) is -3.90. The monoisotopic (exact) mass is 324 g/mol. The van der Waals surface area contributed by atoms with Crippen LogP contribution in [0.3, 0.4) is 0 Å². The second-order valence-electron chi connectivity index (χ2n) is 4.21. The molecule has 4 nitrogen and oxygen atoms in total. The zero-order valence-corrected chi connectivity index (χ0v) is 12.2. The highest BCUT2D eigenvalue weighted by Crippen LogP contribution is 2.22. The number of sulfonamides is 1. The van der Waals surface area contributed by atoms with E-state index in [1.54, 1.807) is 0 Å². The van der Waals surface area contributed by atoms with Gasteiger partial charge >= 0.3 is 0 Å². The van der Waals surface area contributed by atoms with Gasteiger partial charge in [-0.15, -0.1) is 0 Å². The van der Waals surface area contributed by atoms with Crippen molar-refractivity contribution in [2.45, 2.75) is 11.3 Å². The first-order chi connectivity index (χ1) is 9.92. The molecule has 7 heteroatoms. The van der Waals surface area contributed by atoms with E-state index in [2.05, 4.69) is 4.72 Å². The summed E-state index contributed by atoms with van der Waals surface area (Å²) in [5, 5.41) is 8.74. The van der Waals surface area contributed by atoms with Gasteiger partial charge in [0.2, 0.25) is 0 Å². The molecule has 0 unspecified atom stereocenters. The van der Waals surface area contributed by atoms with Crippen LogP contribution in [0.25, 0.3) is 0 Å². The van der Waals surface area contributed by atoms with Crippen LogP contribution in [0.1, 0.15) is 5.56 Å². The Bertz CT molecular complexity index is 799. The summed E-state index contributed by atoms with van der Waals surface area (Å²) in [5.41, 5.74) is 0.523. The average Bonchev–Trinajstić information content (AvgIpc) is 2.43. The predicted octanol–water partition coefficient (Wildman–Crippen LogP) is 3.35. The zero-order valence-electron chi connectivity index (χ0n) is 10.7. The van der Waals surface area contributed by atoms with Crippen molar-refractivity contribution < 1.29 is 12.8 Å². The number of benzene rings is 2. The number of hydrogen-bond donors (Lipinski definition) is 1. The molecule has 2 aromatic carbocycles. The molecule has 0 aliphatic carbocycles. The minimum Gasteiger partial charge on any atom is -0.277 e. The summed E-state index contributed by atoms with van der Waals surface area (Å²) >= 11 is 5.61. The molecular weight excluding hydrogens is 315 g/mol. The molecule has 0 bridgehead atoms. The van der Waals surface area contributed by atoms with Gasteiger partial charge in [-0.05, 0) is 35.9 Å². The minimum atomic E-state index is -3.90. The molecule has 2 rings (SSSR count). The van der Waals surface area contributed by atoms with E-state index in [0.29, 0.717) is 5.56 Å². The van der Waals surface area contributed by atoms with Crippen molar-refractivity contribution in [2.24, 2.45) is 0 Å². The Hall–Kier alpha value is -2.10. The fourth-order valence-corrected chi connectivity index (χ4v) is 2.88. The van der Waals surface area contributed by atoms with Gasteiger partial charge in [-0.1, -0.05) is 23.7 Å². The third kappa shape index (κ3) is 3.72. The number of nitrogens with zero attached hydrogens (tertiary/aromatic N) is 1. The zero-order chi connectivity index (χ0) is 15.5. The lowest BCUT2D eigenvalue weighted by atomic mass is 10.2. The molecule has 0 saturated carbocycles. The summed E-state index contributed by atoms with van der Waals surface area (Å²) in [6, 6.07) is 11.4. The maximum Gasteiger partial charge on any atom is 0.261 e. The van der Waals surface area contributed by atoms with E-state index >= 15 is 0 Å². The number of nitriles is 1. The molecule has 0 amide bonds. The lowest BCUT2D eigenvalue weighted by Crippen LogP contribution is -2.14. The third-order valence-electron chi connectivity index (χ3n) is 2.69. The molecule has 0 fully saturated rings. The summed E-state index contributed by atoms with van der Waals surface area (Å²) in [5.74, 6) is -0.757. The molecule has 0 aliphatic heterocycles. The standard InChI is InChI=1S/C14H10ClFN2O2S/c15-11-3-6-14(13(16)9-11)18-21(19,20)12-4-1-10(2-5-12)7-8-17/h1-6,9,18H,7H2. The van der Waals surface area contributed by atoms with Crippen LogP contribution in [0, 0.1) is 17.1 Å². The summed E-state index contributed by atoms with van der Waals surface area (Å²) in [6.07, 6.45) is 0.194. The molecule has 0 aromatic heterocycles. The van der Waals surface area contributed by atoms with Gasteiger partial charge in [0.1, 0.15) is 5.82 Å². The normalized spacial score (nSPS) is 10.9. The molecule has 0 saturated heterocycles. The Morgan fingerprint density at radius 3 is 2.43 bits per heavy atom. The van der Waals surface area contributed by atoms with Crippen LogP contribution in [-0.2, 0) is 16.4 Å². The van der Waals surface area contributed by atoms with Crippen molar-refractivity contribution >= 4 is 27.3 Å². The van der Waals surface area contributed by atoms with Gasteiger partial charge in [-0.25, -0.2) is 12.8 Å². The summed E-state index contributed by atoms with van der Waals surface area (Å²) in [6.45, 7) is 0. The van der Waals surface area contributed by atoms with Crippen LogP contribution < -0.4 is 4.72 Å². The lowest BCUT2D eigenvalue weighted by molar-refractivity contribution is 0.598. The maximum absolute atomic E-state index is 13.6. The second kappa shape index (κ2) is 6.12. The van der Waals surface area contributed by atoms with Crippen molar-refractivity contribution in [3.63, 3.8) is 0 Å². The third-order valence-corrected chi connectivity index (χ3v) is 4.31. The van der Waals surface area contributed by atoms with Crippen LogP contribution >= 0.6 is 11.6 Å². The van der Waals surface area contributed by atoms with Crippen molar-refractivity contribution in [1.82, 2.24) is 0 Å². The number of hydrogen-bond acceptors (Lipinski definition) is 3. The van der Waals surface area contributed by atoms with E-state index < -0.39 is 15.8 Å². The highest BCUT2D eigenvalue weighted by atomic mass is 35.5. The smallest absolute Gasteiger partial charge is 0.261 e. The van der Waals surface area contributed by atoms with E-state index in [1.165, 1.54) is 36.4 Å². The molecule has 0 heterocycles. The Morgan fingerprint density at radius 2 is 1.86 bits per heavy atom. The SMILES string of the molecule is N#CCc1ccc(S(=O)(=O)Nc2ccc(Cl)cc2F)cc1. The van der Waals surface area contributed by atoms with Crippen molar-refractivity contribution in [3.8, 4) is 6.07 Å². The van der Waals surface area contributed by atoms with Gasteiger partial charge in [0.15, 0.2) is 0 Å². The highest BCUT2D eigenvalue weighted by Gasteiger charge is 2.16. The lowest BCUT2D eigenvalue weighted by Gasteiger charge is -2.09. The Kier molecular flexibility index (Phi) is 4.46. The Balaban J connectivity index is 2.27. The van der Waals surface area contributed by atoms with Crippen LogP contribution in [-0.4, -0.2) is 8.42 Å². The van der Waals surface area contributed by atoms with Gasteiger partial charge in [0.05, 0.1) is 23.1 Å². The van der Waals surface area contributed by atoms with Crippen LogP contribution in [0.5, 0.6) is 0 Å². The molecular formula is C14H10ClFN2O2S. The van der Waals surface area contributed by atoms with Crippen molar-refractivity contribution in [2.75, 3.05) is 4.72 Å². The summed E-state index contributed by atoms with van der Waals surface area (Å²) < 4.78 is 40.0. The number of halogens is 2. The van der Waals surface area contributed by atoms with Crippen LogP contribution in [0.2, 0.25) is 5.02 Å². The van der Waals surface area contributed by atoms with Crippen LogP contribution in [0.15, 0.2) is 47.4 Å². The molecule has 2 aromatic rings. The fourth-order valence-electron chi connectivity index (χ4n) is 1.65. The molecule has 21 heavy (non-hydrogen) atoms. The average molecular weight is 325 g/mol. The van der Waals surface area contributed by atoms with Gasteiger partial charge < -0.3 is 0 Å². The van der Waals surface area contributed by atoms with E-state index in [-0.39, 0.29) is 22.0 Å². The first kappa shape index (κ1) is 15.3. The Labute approximate surface area is 126 Å². The minimum absolute atomic E-state index is 0.0152. The van der Waals surface area contributed by atoms with Gasteiger partial charge in [-0.3, -0.25) is 4.72 Å². The number of anilines is 1. The molecule has 0 atom stereocenters. The second-order valence-corrected chi connectivity index (χ2v) is 6.33. The molecule has 0 spiro atoms. The van der Waals surface area contributed by atoms with Crippen molar-refractivity contribution in [3.05, 3.63) is 58.9 Å². The molecule has 108 valence electrons. The number of rotatable bonds is 4. The van der Waals surface area contributed by atoms with Crippen molar-refractivity contribution in [1.29, 1.82) is 5.26 Å². The van der Waals surface area contributed by atoms with Gasteiger partial charge in [-0.2, -0.15) is 5.26 Å². The topological polar surface area (TPSA) is 70.0 Å². The largest absolute Gasteiger partial charge is 0.277 e. The van der Waals surface area contributed by atoms with Crippen LogP contribution in [0.4, 0.5) is 10.1 Å². The highest BCUT2D eigenvalue weighted by molar-refractivity contribution is 7.92. The maximum atomic E-state index is 13.6. The van der Waals surface area contributed by atoms with E-state index in [0.717, 1.165) is 6.07 Å². The predicted molar refractivity (Wildman–Crippen MR) is 78.0 cm³/mol.